The number of non-ortho nitro benzene ring substituents is 1. The topological polar surface area (TPSA) is 142 Å². The summed E-state index contributed by atoms with van der Waals surface area (Å²) in [6.07, 6.45) is -1.29. The van der Waals surface area contributed by atoms with Gasteiger partial charge in [0, 0.05) is 27.7 Å². The Morgan fingerprint density at radius 1 is 1.06 bits per heavy atom. The molecule has 0 aliphatic carbocycles. The van der Waals surface area contributed by atoms with Crippen LogP contribution in [0.1, 0.15) is 11.7 Å². The van der Waals surface area contributed by atoms with E-state index in [1.165, 1.54) is 18.2 Å². The fourth-order valence-corrected chi connectivity index (χ4v) is 3.58. The largest absolute Gasteiger partial charge is 0.446 e. The summed E-state index contributed by atoms with van der Waals surface area (Å²) in [5.41, 5.74) is 1.31. The smallest absolute Gasteiger partial charge is 0.330 e. The van der Waals surface area contributed by atoms with Crippen molar-refractivity contribution in [3.63, 3.8) is 0 Å². The molecule has 0 bridgehead atoms. The fourth-order valence-electron chi connectivity index (χ4n) is 3.12. The number of nitrogens with zero attached hydrogens (tertiary/aromatic N) is 5. The summed E-state index contributed by atoms with van der Waals surface area (Å²) >= 11 is 3.21. The van der Waals surface area contributed by atoms with Gasteiger partial charge in [0.25, 0.3) is 11.6 Å². The van der Waals surface area contributed by atoms with Crippen molar-refractivity contribution >= 4 is 39.2 Å². The zero-order chi connectivity index (χ0) is 24.8. The zero-order valence-corrected chi connectivity index (χ0v) is 19.5. The summed E-state index contributed by atoms with van der Waals surface area (Å²) in [6.45, 7) is -0.363. The van der Waals surface area contributed by atoms with Gasteiger partial charge in [0.15, 0.2) is 6.54 Å². The van der Waals surface area contributed by atoms with Crippen LogP contribution in [0, 0.1) is 10.1 Å². The maximum absolute atomic E-state index is 13.1. The average Bonchev–Trinajstić information content (AvgIpc) is 3.33. The van der Waals surface area contributed by atoms with E-state index in [0.717, 1.165) is 10.4 Å². The van der Waals surface area contributed by atoms with Crippen LogP contribution in [0.5, 0.6) is 0 Å². The van der Waals surface area contributed by atoms with Crippen LogP contribution in [-0.4, -0.2) is 37.0 Å². The van der Waals surface area contributed by atoms with Gasteiger partial charge in [-0.3, -0.25) is 14.9 Å². The number of ether oxygens (including phenoxy) is 1. The number of esters is 1. The summed E-state index contributed by atoms with van der Waals surface area (Å²) in [5.74, 6) is -1.05. The summed E-state index contributed by atoms with van der Waals surface area (Å²) in [5, 5.41) is 25.6. The molecule has 0 spiro atoms. The number of carbonyl (C=O) groups excluding carboxylic acids is 2. The highest BCUT2D eigenvalue weighted by Gasteiger charge is 2.26. The average molecular weight is 537 g/mol. The first kappa shape index (κ1) is 23.7. The van der Waals surface area contributed by atoms with Crippen LogP contribution < -0.4 is 5.32 Å². The molecule has 12 heteroatoms. The Balaban J connectivity index is 1.49. The highest BCUT2D eigenvalue weighted by Crippen LogP contribution is 2.29. The Morgan fingerprint density at radius 2 is 1.74 bits per heavy atom. The van der Waals surface area contributed by atoms with E-state index < -0.39 is 22.9 Å². The molecule has 35 heavy (non-hydrogen) atoms. The van der Waals surface area contributed by atoms with Crippen molar-refractivity contribution < 1.29 is 19.2 Å². The fraction of sp³-hybridized carbons (Fsp3) is 0.0870. The molecule has 4 aromatic rings. The number of hydrogen-bond donors (Lipinski definition) is 1. The lowest BCUT2D eigenvalue weighted by Crippen LogP contribution is -2.28. The third kappa shape index (κ3) is 5.92. The van der Waals surface area contributed by atoms with Crippen LogP contribution in [0.3, 0.4) is 0 Å². The van der Waals surface area contributed by atoms with Crippen LogP contribution in [0.4, 0.5) is 11.4 Å². The number of anilines is 1. The SMILES string of the molecule is O=C(Cn1nnc(-c2ccccc2)n1)O[C@@H](C(=O)Nc1ccc([N+](=O)[O-])cc1Br)c1ccccc1. The van der Waals surface area contributed by atoms with Crippen molar-refractivity contribution in [1.82, 2.24) is 20.2 Å². The molecule has 1 aromatic heterocycles. The minimum absolute atomic E-state index is 0.142. The number of carbonyl (C=O) groups is 2. The summed E-state index contributed by atoms with van der Waals surface area (Å²) in [4.78, 5) is 37.2. The normalized spacial score (nSPS) is 11.5. The van der Waals surface area contributed by atoms with Crippen LogP contribution in [0.2, 0.25) is 0 Å². The Kier molecular flexibility index (Phi) is 7.21. The predicted molar refractivity (Wildman–Crippen MR) is 128 cm³/mol. The predicted octanol–water partition coefficient (Wildman–Crippen LogP) is 3.93. The maximum Gasteiger partial charge on any atom is 0.330 e. The van der Waals surface area contributed by atoms with Gasteiger partial charge in [-0.15, -0.1) is 10.2 Å². The number of nitro benzene ring substituents is 1. The van der Waals surface area contributed by atoms with Crippen LogP contribution >= 0.6 is 15.9 Å². The monoisotopic (exact) mass is 536 g/mol. The molecule has 1 amide bonds. The highest BCUT2D eigenvalue weighted by molar-refractivity contribution is 9.10. The van der Waals surface area contributed by atoms with Crippen molar-refractivity contribution in [3.8, 4) is 11.4 Å². The lowest BCUT2D eigenvalue weighted by Gasteiger charge is -2.18. The van der Waals surface area contributed by atoms with Gasteiger partial charge in [0.1, 0.15) is 0 Å². The molecule has 0 unspecified atom stereocenters. The number of nitrogens with one attached hydrogen (secondary N) is 1. The molecule has 0 aliphatic rings. The molecule has 0 radical (unpaired) electrons. The molecule has 0 saturated carbocycles. The Labute approximate surface area is 207 Å². The second-order valence-corrected chi connectivity index (χ2v) is 8.05. The molecule has 1 N–H and O–H groups in total. The van der Waals surface area contributed by atoms with Crippen LogP contribution in [0.15, 0.2) is 83.3 Å². The zero-order valence-electron chi connectivity index (χ0n) is 17.9. The van der Waals surface area contributed by atoms with Crippen molar-refractivity contribution in [1.29, 1.82) is 0 Å². The van der Waals surface area contributed by atoms with Gasteiger partial charge in [0.05, 0.1) is 10.6 Å². The van der Waals surface area contributed by atoms with E-state index in [4.69, 9.17) is 4.74 Å². The van der Waals surface area contributed by atoms with Gasteiger partial charge in [-0.25, -0.2) is 4.79 Å². The minimum atomic E-state index is -1.29. The number of amides is 1. The minimum Gasteiger partial charge on any atom is -0.446 e. The number of rotatable bonds is 8. The lowest BCUT2D eigenvalue weighted by atomic mass is 10.1. The molecular formula is C23H17BrN6O5. The van der Waals surface area contributed by atoms with Gasteiger partial charge >= 0.3 is 5.97 Å². The van der Waals surface area contributed by atoms with E-state index in [9.17, 15) is 19.7 Å². The molecule has 1 atom stereocenters. The number of benzene rings is 3. The third-order valence-electron chi connectivity index (χ3n) is 4.77. The summed E-state index contributed by atoms with van der Waals surface area (Å²) in [7, 11) is 0. The summed E-state index contributed by atoms with van der Waals surface area (Å²) < 4.78 is 5.79. The highest BCUT2D eigenvalue weighted by atomic mass is 79.9. The van der Waals surface area contributed by atoms with E-state index in [-0.39, 0.29) is 17.9 Å². The maximum atomic E-state index is 13.1. The number of aromatic nitrogens is 4. The number of halogens is 1. The number of nitro groups is 1. The molecule has 0 fully saturated rings. The third-order valence-corrected chi connectivity index (χ3v) is 5.42. The quantitative estimate of drug-likeness (QED) is 0.202. The van der Waals surface area contributed by atoms with Crippen LogP contribution in [0.25, 0.3) is 11.4 Å². The first-order valence-corrected chi connectivity index (χ1v) is 11.0. The van der Waals surface area contributed by atoms with E-state index in [1.54, 1.807) is 30.3 Å². The van der Waals surface area contributed by atoms with E-state index in [2.05, 4.69) is 36.7 Å². The Bertz CT molecular complexity index is 1360. The van der Waals surface area contributed by atoms with Crippen molar-refractivity contribution in [2.75, 3.05) is 5.32 Å². The van der Waals surface area contributed by atoms with E-state index >= 15 is 0 Å². The number of tetrazole rings is 1. The van der Waals surface area contributed by atoms with E-state index in [1.807, 2.05) is 30.3 Å². The van der Waals surface area contributed by atoms with Crippen molar-refractivity contribution in [2.45, 2.75) is 12.6 Å². The number of hydrogen-bond acceptors (Lipinski definition) is 8. The second kappa shape index (κ2) is 10.7. The van der Waals surface area contributed by atoms with Gasteiger partial charge in [0.2, 0.25) is 11.9 Å². The summed E-state index contributed by atoms with van der Waals surface area (Å²) in [6, 6.07) is 21.5. The van der Waals surface area contributed by atoms with Gasteiger partial charge in [-0.05, 0) is 27.2 Å². The molecule has 176 valence electrons. The van der Waals surface area contributed by atoms with Gasteiger partial charge in [-0.1, -0.05) is 60.7 Å². The molecule has 4 rings (SSSR count). The second-order valence-electron chi connectivity index (χ2n) is 7.20. The van der Waals surface area contributed by atoms with Gasteiger partial charge in [-0.2, -0.15) is 4.80 Å². The molecule has 1 heterocycles. The van der Waals surface area contributed by atoms with Gasteiger partial charge < -0.3 is 10.1 Å². The van der Waals surface area contributed by atoms with E-state index in [0.29, 0.717) is 15.9 Å². The Hall–Kier alpha value is -4.45. The van der Waals surface area contributed by atoms with Crippen molar-refractivity contribution in [3.05, 3.63) is 99.0 Å². The first-order valence-electron chi connectivity index (χ1n) is 10.2. The lowest BCUT2D eigenvalue weighted by molar-refractivity contribution is -0.384. The molecule has 0 saturated heterocycles. The standard InChI is InChI=1S/C23H17BrN6O5/c24-18-13-17(30(33)34)11-12-19(18)25-23(32)21(15-7-3-1-4-8-15)35-20(31)14-29-27-22(26-28-29)16-9-5-2-6-10-16/h1-13,21H,14H2,(H,25,32)/t21-/m1/s1. The molecular weight excluding hydrogens is 520 g/mol. The van der Waals surface area contributed by atoms with Crippen LogP contribution in [-0.2, 0) is 20.9 Å². The van der Waals surface area contributed by atoms with Crippen molar-refractivity contribution in [2.24, 2.45) is 0 Å². The molecule has 11 nitrogen and oxygen atoms in total. The molecule has 3 aromatic carbocycles. The first-order chi connectivity index (χ1) is 16.9. The Morgan fingerprint density at radius 3 is 2.40 bits per heavy atom. The molecule has 0 aliphatic heterocycles.